The third kappa shape index (κ3) is 2.88. The smallest absolute Gasteiger partial charge is 0.399 e. The lowest BCUT2D eigenvalue weighted by Crippen LogP contribution is -2.41. The molecule has 0 bridgehead atoms. The van der Waals surface area contributed by atoms with Gasteiger partial charge in [0.15, 0.2) is 0 Å². The van der Waals surface area contributed by atoms with Crippen molar-refractivity contribution in [3.05, 3.63) is 28.8 Å². The summed E-state index contributed by atoms with van der Waals surface area (Å²) in [6.07, 6.45) is -0.852. The quantitative estimate of drug-likeness (QED) is 0.831. The Morgan fingerprint density at radius 1 is 1.05 bits per heavy atom. The van der Waals surface area contributed by atoms with Crippen LogP contribution in [-0.4, -0.2) is 35.1 Å². The van der Waals surface area contributed by atoms with E-state index in [4.69, 9.17) is 14.4 Å². The van der Waals surface area contributed by atoms with E-state index in [1.54, 1.807) is 0 Å². The molecule has 1 aliphatic heterocycles. The van der Waals surface area contributed by atoms with E-state index in [0.717, 1.165) is 16.6 Å². The Balaban J connectivity index is 2.39. The minimum absolute atomic E-state index is 0.283. The predicted molar refractivity (Wildman–Crippen MR) is 83.7 cm³/mol. The minimum atomic E-state index is -0.852. The second-order valence-electron chi connectivity index (χ2n) is 6.85. The summed E-state index contributed by atoms with van der Waals surface area (Å²) in [5.74, 6) is 0. The average molecular weight is 292 g/mol. The first kappa shape index (κ1) is 16.5. The van der Waals surface area contributed by atoms with Gasteiger partial charge in [0, 0.05) is 0 Å². The molecule has 116 valence electrons. The molecule has 1 atom stereocenters. The zero-order valence-corrected chi connectivity index (χ0v) is 13.7. The second kappa shape index (κ2) is 5.40. The van der Waals surface area contributed by atoms with Gasteiger partial charge in [0.1, 0.15) is 6.10 Å². The maximum absolute atomic E-state index is 9.79. The van der Waals surface area contributed by atoms with Crippen molar-refractivity contribution in [1.82, 2.24) is 0 Å². The molecule has 0 unspecified atom stereocenters. The standard InChI is InChI=1S/C16H25BO4/c1-10-7-12(13(19)9-18)8-11(2)14(10)17-20-15(3,4)16(5,6)21-17/h7-8,13,18-19H,9H2,1-6H3/t13-/m0/s1. The summed E-state index contributed by atoms with van der Waals surface area (Å²) in [5.41, 5.74) is 2.96. The fourth-order valence-electron chi connectivity index (χ4n) is 2.64. The largest absolute Gasteiger partial charge is 0.495 e. The highest BCUT2D eigenvalue weighted by Crippen LogP contribution is 2.37. The van der Waals surface area contributed by atoms with Gasteiger partial charge in [-0.2, -0.15) is 0 Å². The molecule has 0 aliphatic carbocycles. The molecule has 1 aliphatic rings. The summed E-state index contributed by atoms with van der Waals surface area (Å²) in [6.45, 7) is 11.8. The van der Waals surface area contributed by atoms with Crippen molar-refractivity contribution in [3.8, 4) is 0 Å². The van der Waals surface area contributed by atoms with Gasteiger partial charge >= 0.3 is 7.12 Å². The molecule has 1 aromatic carbocycles. The summed E-state index contributed by atoms with van der Waals surface area (Å²) in [6, 6.07) is 3.77. The Kier molecular flexibility index (Phi) is 4.24. The maximum atomic E-state index is 9.79. The molecular formula is C16H25BO4. The average Bonchev–Trinajstić information content (AvgIpc) is 2.56. The number of hydrogen-bond acceptors (Lipinski definition) is 4. The number of benzene rings is 1. The van der Waals surface area contributed by atoms with E-state index in [-0.39, 0.29) is 17.8 Å². The number of rotatable bonds is 3. The lowest BCUT2D eigenvalue weighted by Gasteiger charge is -2.32. The van der Waals surface area contributed by atoms with Crippen molar-refractivity contribution in [2.45, 2.75) is 58.8 Å². The van der Waals surface area contributed by atoms with Gasteiger partial charge in [-0.1, -0.05) is 23.3 Å². The Bertz CT molecular complexity index is 500. The molecule has 0 amide bonds. The van der Waals surface area contributed by atoms with Gasteiger partial charge < -0.3 is 19.5 Å². The Hall–Kier alpha value is -0.875. The third-order valence-corrected chi connectivity index (χ3v) is 4.66. The van der Waals surface area contributed by atoms with Crippen LogP contribution in [0.5, 0.6) is 0 Å². The van der Waals surface area contributed by atoms with Gasteiger partial charge in [0.2, 0.25) is 0 Å². The van der Waals surface area contributed by atoms with Crippen LogP contribution in [0.2, 0.25) is 0 Å². The molecule has 0 saturated carbocycles. The number of hydrogen-bond donors (Lipinski definition) is 2. The van der Waals surface area contributed by atoms with Crippen LogP contribution in [-0.2, 0) is 9.31 Å². The summed E-state index contributed by atoms with van der Waals surface area (Å²) in [7, 11) is -0.407. The van der Waals surface area contributed by atoms with Crippen LogP contribution in [0.4, 0.5) is 0 Å². The molecule has 0 radical (unpaired) electrons. The molecule has 0 spiro atoms. The topological polar surface area (TPSA) is 58.9 Å². The Morgan fingerprint density at radius 2 is 1.48 bits per heavy atom. The van der Waals surface area contributed by atoms with Gasteiger partial charge in [-0.05, 0) is 52.6 Å². The monoisotopic (exact) mass is 292 g/mol. The van der Waals surface area contributed by atoms with Crippen molar-refractivity contribution >= 4 is 12.6 Å². The summed E-state index contributed by atoms with van der Waals surface area (Å²) >= 11 is 0. The zero-order chi connectivity index (χ0) is 16.0. The van der Waals surface area contributed by atoms with Crippen LogP contribution >= 0.6 is 0 Å². The van der Waals surface area contributed by atoms with Crippen molar-refractivity contribution in [3.63, 3.8) is 0 Å². The summed E-state index contributed by atoms with van der Waals surface area (Å²) in [5, 5.41) is 18.9. The van der Waals surface area contributed by atoms with Crippen LogP contribution in [0.3, 0.4) is 0 Å². The van der Waals surface area contributed by atoms with Crippen LogP contribution in [0.15, 0.2) is 12.1 Å². The van der Waals surface area contributed by atoms with Crippen LogP contribution < -0.4 is 5.46 Å². The third-order valence-electron chi connectivity index (χ3n) is 4.66. The number of aryl methyl sites for hydroxylation is 2. The molecule has 21 heavy (non-hydrogen) atoms. The van der Waals surface area contributed by atoms with Crippen molar-refractivity contribution in [2.24, 2.45) is 0 Å². The van der Waals surface area contributed by atoms with Crippen molar-refractivity contribution < 1.29 is 19.5 Å². The first-order valence-electron chi connectivity index (χ1n) is 7.34. The highest BCUT2D eigenvalue weighted by molar-refractivity contribution is 6.63. The molecule has 1 saturated heterocycles. The highest BCUT2D eigenvalue weighted by atomic mass is 16.7. The highest BCUT2D eigenvalue weighted by Gasteiger charge is 2.52. The van der Waals surface area contributed by atoms with Gasteiger partial charge in [-0.25, -0.2) is 0 Å². The SMILES string of the molecule is Cc1cc([C@@H](O)CO)cc(C)c1B1OC(C)(C)C(C)(C)O1. The van der Waals surface area contributed by atoms with Gasteiger partial charge in [0.05, 0.1) is 17.8 Å². The molecule has 2 N–H and O–H groups in total. The van der Waals surface area contributed by atoms with E-state index in [1.807, 2.05) is 53.7 Å². The number of aliphatic hydroxyl groups excluding tert-OH is 2. The molecule has 1 fully saturated rings. The first-order valence-corrected chi connectivity index (χ1v) is 7.34. The molecule has 1 aromatic rings. The minimum Gasteiger partial charge on any atom is -0.399 e. The van der Waals surface area contributed by atoms with Crippen molar-refractivity contribution in [2.75, 3.05) is 6.61 Å². The second-order valence-corrected chi connectivity index (χ2v) is 6.85. The van der Waals surface area contributed by atoms with E-state index < -0.39 is 13.2 Å². The van der Waals surface area contributed by atoms with Crippen LogP contribution in [0.25, 0.3) is 0 Å². The molecule has 5 heteroatoms. The van der Waals surface area contributed by atoms with E-state index >= 15 is 0 Å². The molecule has 2 rings (SSSR count). The van der Waals surface area contributed by atoms with E-state index in [1.165, 1.54) is 0 Å². The van der Waals surface area contributed by atoms with Gasteiger partial charge in [0.25, 0.3) is 0 Å². The molecule has 1 heterocycles. The van der Waals surface area contributed by atoms with E-state index in [9.17, 15) is 5.11 Å². The Morgan fingerprint density at radius 3 is 1.86 bits per heavy atom. The summed E-state index contributed by atoms with van der Waals surface area (Å²) in [4.78, 5) is 0. The molecule has 4 nitrogen and oxygen atoms in total. The van der Waals surface area contributed by atoms with E-state index in [2.05, 4.69) is 0 Å². The fourth-order valence-corrected chi connectivity index (χ4v) is 2.64. The van der Waals surface area contributed by atoms with Gasteiger partial charge in [-0.15, -0.1) is 0 Å². The molecule has 0 aromatic heterocycles. The van der Waals surface area contributed by atoms with E-state index in [0.29, 0.717) is 5.56 Å². The predicted octanol–water partition coefficient (Wildman–Crippen LogP) is 1.63. The number of aliphatic hydroxyl groups is 2. The van der Waals surface area contributed by atoms with Crippen LogP contribution in [0.1, 0.15) is 50.5 Å². The lowest BCUT2D eigenvalue weighted by molar-refractivity contribution is 0.00578. The van der Waals surface area contributed by atoms with Crippen molar-refractivity contribution in [1.29, 1.82) is 0 Å². The molecular weight excluding hydrogens is 267 g/mol. The summed E-state index contributed by atoms with van der Waals surface area (Å²) < 4.78 is 12.2. The lowest BCUT2D eigenvalue weighted by atomic mass is 9.72. The zero-order valence-electron chi connectivity index (χ0n) is 13.7. The maximum Gasteiger partial charge on any atom is 0.495 e. The Labute approximate surface area is 127 Å². The van der Waals surface area contributed by atoms with Crippen LogP contribution in [0, 0.1) is 13.8 Å². The fraction of sp³-hybridized carbons (Fsp3) is 0.625. The normalized spacial score (nSPS) is 21.6. The first-order chi connectivity index (χ1) is 9.59. The van der Waals surface area contributed by atoms with Gasteiger partial charge in [-0.3, -0.25) is 0 Å².